The summed E-state index contributed by atoms with van der Waals surface area (Å²) in [6.45, 7) is 6.39. The lowest BCUT2D eigenvalue weighted by Gasteiger charge is -2.32. The van der Waals surface area contributed by atoms with E-state index in [-0.39, 0.29) is 5.91 Å². The van der Waals surface area contributed by atoms with Crippen molar-refractivity contribution in [3.8, 4) is 0 Å². The molecule has 24 heavy (non-hydrogen) atoms. The molecule has 0 fully saturated rings. The maximum absolute atomic E-state index is 13.9. The first kappa shape index (κ1) is 15.1. The van der Waals surface area contributed by atoms with Gasteiger partial charge < -0.3 is 15.0 Å². The lowest BCUT2D eigenvalue weighted by atomic mass is 9.92. The topological polar surface area (TPSA) is 80.7 Å². The molecule has 1 unspecified atom stereocenters. The van der Waals surface area contributed by atoms with E-state index < -0.39 is 17.5 Å². The standard InChI is InChI=1S/C17H19FN4O2/c1-17(2,3)16(24)22-6-11-14-12(7-22)20-21-15(23)9-4-8(18)5-10(19-11)13(9)14/h4-5,15,19,21,23H,6-7H2,1-3H3. The number of carbonyl (C=O) groups excluding carboxylic acids is 1. The van der Waals surface area contributed by atoms with E-state index in [0.717, 1.165) is 16.6 Å². The zero-order chi connectivity index (χ0) is 17.2. The molecule has 3 heterocycles. The molecule has 1 amide bonds. The quantitative estimate of drug-likeness (QED) is 0.691. The van der Waals surface area contributed by atoms with Gasteiger partial charge >= 0.3 is 0 Å². The van der Waals surface area contributed by atoms with Crippen LogP contribution in [0, 0.1) is 11.2 Å². The van der Waals surface area contributed by atoms with Crippen LogP contribution in [0.5, 0.6) is 0 Å². The van der Waals surface area contributed by atoms with Crippen molar-refractivity contribution in [3.63, 3.8) is 0 Å². The molecule has 1 atom stereocenters. The number of amides is 1. The largest absolute Gasteiger partial charge is 0.368 e. The number of hydrogen-bond donors (Lipinski definition) is 3. The molecule has 6 nitrogen and oxygen atoms in total. The Morgan fingerprint density at radius 1 is 1.38 bits per heavy atom. The molecule has 3 N–H and O–H groups in total. The SMILES string of the molecule is CC(C)(C)C(=O)N1CC2=NNC(O)c3cc(F)cc4[nH]c(c2c34)C1. The fourth-order valence-electron chi connectivity index (χ4n) is 3.46. The van der Waals surface area contributed by atoms with Crippen molar-refractivity contribution in [2.45, 2.75) is 33.5 Å². The maximum Gasteiger partial charge on any atom is 0.228 e. The molecular formula is C17H19FN4O2. The summed E-state index contributed by atoms with van der Waals surface area (Å²) in [4.78, 5) is 17.6. The number of H-pyrrole nitrogens is 1. The Balaban J connectivity index is 1.91. The Kier molecular flexibility index (Phi) is 3.02. The van der Waals surface area contributed by atoms with Crippen LogP contribution in [-0.4, -0.2) is 33.2 Å². The fraction of sp³-hybridized carbons (Fsp3) is 0.412. The zero-order valence-corrected chi connectivity index (χ0v) is 13.8. The molecule has 1 aromatic carbocycles. The summed E-state index contributed by atoms with van der Waals surface area (Å²) >= 11 is 0. The van der Waals surface area contributed by atoms with Gasteiger partial charge in [0.1, 0.15) is 5.82 Å². The van der Waals surface area contributed by atoms with Crippen molar-refractivity contribution in [3.05, 3.63) is 34.8 Å². The highest BCUT2D eigenvalue weighted by atomic mass is 19.1. The molecule has 0 saturated carbocycles. The first-order valence-corrected chi connectivity index (χ1v) is 7.89. The van der Waals surface area contributed by atoms with Crippen LogP contribution in [0.3, 0.4) is 0 Å². The van der Waals surface area contributed by atoms with Crippen molar-refractivity contribution in [2.75, 3.05) is 6.54 Å². The number of hydrazone groups is 1. The molecule has 2 aromatic rings. The second-order valence-electron chi connectivity index (χ2n) is 7.40. The van der Waals surface area contributed by atoms with Crippen LogP contribution < -0.4 is 5.43 Å². The number of benzene rings is 1. The second kappa shape index (κ2) is 4.80. The van der Waals surface area contributed by atoms with E-state index in [4.69, 9.17) is 0 Å². The molecule has 126 valence electrons. The van der Waals surface area contributed by atoms with E-state index in [1.807, 2.05) is 20.8 Å². The third-order valence-corrected chi connectivity index (χ3v) is 4.49. The Bertz CT molecular complexity index is 894. The molecule has 0 aliphatic carbocycles. The fourth-order valence-corrected chi connectivity index (χ4v) is 3.46. The third-order valence-electron chi connectivity index (χ3n) is 4.49. The van der Waals surface area contributed by atoms with Gasteiger partial charge in [-0.05, 0) is 12.1 Å². The Hall–Kier alpha value is -2.41. The summed E-state index contributed by atoms with van der Waals surface area (Å²) in [7, 11) is 0. The lowest BCUT2D eigenvalue weighted by Crippen LogP contribution is -2.45. The van der Waals surface area contributed by atoms with Crippen molar-refractivity contribution < 1.29 is 14.3 Å². The lowest BCUT2D eigenvalue weighted by molar-refractivity contribution is -0.139. The first-order chi connectivity index (χ1) is 11.3. The third kappa shape index (κ3) is 2.11. The Morgan fingerprint density at radius 2 is 2.12 bits per heavy atom. The number of carbonyl (C=O) groups is 1. The molecule has 0 bridgehead atoms. The van der Waals surface area contributed by atoms with Gasteiger partial charge in [-0.15, -0.1) is 0 Å². The molecule has 0 saturated heterocycles. The van der Waals surface area contributed by atoms with Gasteiger partial charge in [0, 0.05) is 33.1 Å². The average molecular weight is 330 g/mol. The van der Waals surface area contributed by atoms with Gasteiger partial charge in [-0.25, -0.2) is 4.39 Å². The van der Waals surface area contributed by atoms with E-state index in [0.29, 0.717) is 29.9 Å². The summed E-state index contributed by atoms with van der Waals surface area (Å²) in [6.07, 6.45) is -1.09. The van der Waals surface area contributed by atoms with Gasteiger partial charge in [-0.1, -0.05) is 20.8 Å². The predicted molar refractivity (Wildman–Crippen MR) is 87.8 cm³/mol. The number of rotatable bonds is 0. The summed E-state index contributed by atoms with van der Waals surface area (Å²) in [5, 5.41) is 15.3. The number of nitrogens with one attached hydrogen (secondary N) is 2. The van der Waals surface area contributed by atoms with Crippen molar-refractivity contribution in [1.29, 1.82) is 0 Å². The number of hydrogen-bond acceptors (Lipinski definition) is 4. The highest BCUT2D eigenvalue weighted by Gasteiger charge is 2.35. The highest BCUT2D eigenvalue weighted by Crippen LogP contribution is 2.36. The monoisotopic (exact) mass is 330 g/mol. The summed E-state index contributed by atoms with van der Waals surface area (Å²) in [5.41, 5.74) is 5.56. The van der Waals surface area contributed by atoms with Crippen molar-refractivity contribution in [1.82, 2.24) is 15.3 Å². The molecule has 4 rings (SSSR count). The number of aliphatic hydroxyl groups is 1. The molecule has 7 heteroatoms. The number of halogens is 1. The van der Waals surface area contributed by atoms with E-state index >= 15 is 0 Å². The van der Waals surface area contributed by atoms with Crippen LogP contribution in [0.15, 0.2) is 17.2 Å². The van der Waals surface area contributed by atoms with Gasteiger partial charge in [-0.3, -0.25) is 10.2 Å². The molecule has 0 radical (unpaired) electrons. The summed E-state index contributed by atoms with van der Waals surface area (Å²) in [5.74, 6) is -0.409. The van der Waals surface area contributed by atoms with E-state index in [1.54, 1.807) is 4.90 Å². The first-order valence-electron chi connectivity index (χ1n) is 7.89. The Morgan fingerprint density at radius 3 is 2.83 bits per heavy atom. The van der Waals surface area contributed by atoms with Crippen LogP contribution >= 0.6 is 0 Å². The summed E-state index contributed by atoms with van der Waals surface area (Å²) in [6, 6.07) is 2.72. The van der Waals surface area contributed by atoms with E-state index in [1.165, 1.54) is 12.1 Å². The van der Waals surface area contributed by atoms with Gasteiger partial charge in [0.25, 0.3) is 0 Å². The minimum absolute atomic E-state index is 0.0192. The molecular weight excluding hydrogens is 311 g/mol. The van der Waals surface area contributed by atoms with Crippen molar-refractivity contribution >= 4 is 22.5 Å². The normalized spacial score (nSPS) is 19.8. The molecule has 0 spiro atoms. The van der Waals surface area contributed by atoms with Gasteiger partial charge in [0.2, 0.25) is 5.91 Å². The van der Waals surface area contributed by atoms with E-state index in [9.17, 15) is 14.3 Å². The highest BCUT2D eigenvalue weighted by molar-refractivity contribution is 6.15. The smallest absolute Gasteiger partial charge is 0.228 e. The molecule has 2 aliphatic rings. The second-order valence-corrected chi connectivity index (χ2v) is 7.40. The van der Waals surface area contributed by atoms with E-state index in [2.05, 4.69) is 15.5 Å². The number of aromatic nitrogens is 1. The minimum atomic E-state index is -1.09. The zero-order valence-electron chi connectivity index (χ0n) is 13.8. The van der Waals surface area contributed by atoms with Crippen LogP contribution in [0.2, 0.25) is 0 Å². The van der Waals surface area contributed by atoms with Crippen LogP contribution in [0.1, 0.15) is 43.8 Å². The molecule has 1 aromatic heterocycles. The number of nitrogens with zero attached hydrogens (tertiary/aromatic N) is 2. The predicted octanol–water partition coefficient (Wildman–Crippen LogP) is 1.99. The van der Waals surface area contributed by atoms with Gasteiger partial charge in [0.15, 0.2) is 6.23 Å². The maximum atomic E-state index is 13.9. The van der Waals surface area contributed by atoms with Crippen molar-refractivity contribution in [2.24, 2.45) is 10.5 Å². The number of aliphatic hydroxyl groups excluding tert-OH is 1. The summed E-state index contributed by atoms with van der Waals surface area (Å²) < 4.78 is 13.9. The van der Waals surface area contributed by atoms with Crippen LogP contribution in [0.25, 0.3) is 10.9 Å². The van der Waals surface area contributed by atoms with Crippen LogP contribution in [-0.2, 0) is 11.3 Å². The van der Waals surface area contributed by atoms with Gasteiger partial charge in [-0.2, -0.15) is 5.10 Å². The Labute approximate surface area is 138 Å². The van der Waals surface area contributed by atoms with Gasteiger partial charge in [0.05, 0.1) is 18.8 Å². The number of aromatic amines is 1. The minimum Gasteiger partial charge on any atom is -0.368 e. The molecule has 2 aliphatic heterocycles. The van der Waals surface area contributed by atoms with Crippen LogP contribution in [0.4, 0.5) is 4.39 Å². The average Bonchev–Trinajstić information content (AvgIpc) is 2.80.